The summed E-state index contributed by atoms with van der Waals surface area (Å²) in [6.45, 7) is 5.17. The number of rotatable bonds is 3. The molecule has 2 saturated heterocycles. The number of urea groups is 1. The van der Waals surface area contributed by atoms with Crippen LogP contribution >= 0.6 is 0 Å². The Balaban J connectivity index is 1.57. The van der Waals surface area contributed by atoms with Crippen LogP contribution in [0.5, 0.6) is 0 Å². The number of aromatic nitrogens is 2. The molecule has 1 atom stereocenters. The quantitative estimate of drug-likeness (QED) is 0.849. The first-order valence-electron chi connectivity index (χ1n) is 7.95. The molecule has 0 bridgehead atoms. The van der Waals surface area contributed by atoms with E-state index in [2.05, 4.69) is 32.0 Å². The molecule has 1 aromatic heterocycles. The molecule has 2 aliphatic heterocycles. The van der Waals surface area contributed by atoms with Gasteiger partial charge in [-0.25, -0.2) is 14.8 Å². The highest BCUT2D eigenvalue weighted by atomic mass is 16.2. The molecule has 0 saturated carbocycles. The van der Waals surface area contributed by atoms with Gasteiger partial charge >= 0.3 is 6.03 Å². The van der Waals surface area contributed by atoms with E-state index in [9.17, 15) is 9.59 Å². The molecule has 1 N–H and O–H groups in total. The van der Waals surface area contributed by atoms with E-state index >= 15 is 0 Å². The molecule has 0 spiro atoms. The lowest BCUT2D eigenvalue weighted by Crippen LogP contribution is -2.62. The second-order valence-electron chi connectivity index (χ2n) is 5.89. The molecule has 124 valence electrons. The smallest absolute Gasteiger partial charge is 0.325 e. The van der Waals surface area contributed by atoms with Crippen LogP contribution in [0, 0.1) is 0 Å². The van der Waals surface area contributed by atoms with Crippen LogP contribution < -0.4 is 10.2 Å². The van der Waals surface area contributed by atoms with Gasteiger partial charge in [0.1, 0.15) is 0 Å². The lowest BCUT2D eigenvalue weighted by Gasteiger charge is -2.41. The molecule has 0 aliphatic carbocycles. The predicted octanol–water partition coefficient (Wildman–Crippen LogP) is 0.0588. The van der Waals surface area contributed by atoms with Gasteiger partial charge in [0.05, 0.1) is 12.6 Å². The first kappa shape index (κ1) is 15.7. The van der Waals surface area contributed by atoms with Gasteiger partial charge in [-0.05, 0) is 12.0 Å². The van der Waals surface area contributed by atoms with E-state index in [1.165, 1.54) is 7.05 Å². The fraction of sp³-hybridized carbons (Fsp3) is 0.600. The summed E-state index contributed by atoms with van der Waals surface area (Å²) in [6, 6.07) is -0.327. The molecule has 2 aliphatic rings. The lowest BCUT2D eigenvalue weighted by atomic mass is 10.2. The number of hydrogen-bond donors (Lipinski definition) is 1. The summed E-state index contributed by atoms with van der Waals surface area (Å²) in [7, 11) is 1.50. The first-order chi connectivity index (χ1) is 11.1. The number of hydrogen-bond acceptors (Lipinski definition) is 6. The number of nitrogens with one attached hydrogen (secondary N) is 1. The van der Waals surface area contributed by atoms with Crippen LogP contribution in [0.15, 0.2) is 12.4 Å². The highest BCUT2D eigenvalue weighted by Gasteiger charge is 2.34. The van der Waals surface area contributed by atoms with Crippen molar-refractivity contribution in [3.8, 4) is 0 Å². The van der Waals surface area contributed by atoms with E-state index in [1.54, 1.807) is 0 Å². The first-order valence-corrected chi connectivity index (χ1v) is 7.95. The number of piperazine rings is 1. The number of carbonyl (C=O) groups excluding carboxylic acids is 2. The minimum atomic E-state index is -0.327. The van der Waals surface area contributed by atoms with Gasteiger partial charge in [0.25, 0.3) is 0 Å². The Labute approximate surface area is 135 Å². The maximum absolute atomic E-state index is 11.8. The van der Waals surface area contributed by atoms with Gasteiger partial charge in [0.15, 0.2) is 0 Å². The Morgan fingerprint density at radius 3 is 2.39 bits per heavy atom. The SMILES string of the molecule is CCc1cnc(N2CCN(C3CC(=O)N(C)C(=O)N3)CC2)nc1. The molecular weight excluding hydrogens is 296 g/mol. The van der Waals surface area contributed by atoms with Crippen molar-refractivity contribution in [1.29, 1.82) is 0 Å². The number of nitrogens with zero attached hydrogens (tertiary/aromatic N) is 5. The van der Waals surface area contributed by atoms with Gasteiger partial charge in [0.2, 0.25) is 11.9 Å². The van der Waals surface area contributed by atoms with Gasteiger partial charge in [-0.15, -0.1) is 0 Å². The van der Waals surface area contributed by atoms with Crippen LogP contribution in [0.1, 0.15) is 18.9 Å². The van der Waals surface area contributed by atoms with Crippen LogP contribution in [0.3, 0.4) is 0 Å². The van der Waals surface area contributed by atoms with E-state index in [1.807, 2.05) is 12.4 Å². The van der Waals surface area contributed by atoms with Crippen LogP contribution in [-0.4, -0.2) is 71.1 Å². The number of amides is 3. The van der Waals surface area contributed by atoms with Crippen LogP contribution in [-0.2, 0) is 11.2 Å². The van der Waals surface area contributed by atoms with Crippen molar-refractivity contribution in [2.75, 3.05) is 38.1 Å². The minimum absolute atomic E-state index is 0.139. The molecule has 3 heterocycles. The number of carbonyl (C=O) groups is 2. The fourth-order valence-corrected chi connectivity index (χ4v) is 2.85. The molecule has 23 heavy (non-hydrogen) atoms. The van der Waals surface area contributed by atoms with Crippen molar-refractivity contribution >= 4 is 17.9 Å². The average Bonchev–Trinajstić information content (AvgIpc) is 2.59. The zero-order valence-corrected chi connectivity index (χ0v) is 13.5. The van der Waals surface area contributed by atoms with E-state index in [0.29, 0.717) is 6.42 Å². The predicted molar refractivity (Wildman–Crippen MR) is 84.9 cm³/mol. The summed E-state index contributed by atoms with van der Waals surface area (Å²) in [5.74, 6) is 0.602. The van der Waals surface area contributed by atoms with Gasteiger partial charge in [0, 0.05) is 45.6 Å². The van der Waals surface area contributed by atoms with E-state index < -0.39 is 0 Å². The molecule has 8 nitrogen and oxygen atoms in total. The molecule has 8 heteroatoms. The Hall–Kier alpha value is -2.22. The van der Waals surface area contributed by atoms with Gasteiger partial charge in [-0.1, -0.05) is 6.92 Å². The molecule has 2 fully saturated rings. The largest absolute Gasteiger partial charge is 0.338 e. The Morgan fingerprint density at radius 2 is 1.83 bits per heavy atom. The Kier molecular flexibility index (Phi) is 4.42. The molecule has 1 aromatic rings. The van der Waals surface area contributed by atoms with Crippen molar-refractivity contribution in [3.05, 3.63) is 18.0 Å². The van der Waals surface area contributed by atoms with Crippen molar-refractivity contribution in [1.82, 2.24) is 25.1 Å². The summed E-state index contributed by atoms with van der Waals surface area (Å²) < 4.78 is 0. The fourth-order valence-electron chi connectivity index (χ4n) is 2.85. The molecule has 0 aromatic carbocycles. The van der Waals surface area contributed by atoms with Crippen molar-refractivity contribution in [2.45, 2.75) is 25.9 Å². The zero-order valence-electron chi connectivity index (χ0n) is 13.5. The summed E-state index contributed by atoms with van der Waals surface area (Å²) >= 11 is 0. The van der Waals surface area contributed by atoms with Crippen molar-refractivity contribution in [2.24, 2.45) is 0 Å². The standard InChI is InChI=1S/C15H22N6O2/c1-3-11-9-16-14(17-10-11)21-6-4-20(5-7-21)12-8-13(22)19(2)15(23)18-12/h9-10,12H,3-8H2,1-2H3,(H,18,23). The minimum Gasteiger partial charge on any atom is -0.338 e. The molecule has 0 radical (unpaired) electrons. The van der Waals surface area contributed by atoms with E-state index in [0.717, 1.165) is 49.0 Å². The van der Waals surface area contributed by atoms with Crippen LogP contribution in [0.4, 0.5) is 10.7 Å². The topological polar surface area (TPSA) is 81.7 Å². The monoisotopic (exact) mass is 318 g/mol. The zero-order chi connectivity index (χ0) is 16.4. The number of aryl methyl sites for hydroxylation is 1. The van der Waals surface area contributed by atoms with E-state index in [4.69, 9.17) is 0 Å². The van der Waals surface area contributed by atoms with Crippen LogP contribution in [0.2, 0.25) is 0 Å². The van der Waals surface area contributed by atoms with Crippen molar-refractivity contribution in [3.63, 3.8) is 0 Å². The maximum Gasteiger partial charge on any atom is 0.325 e. The summed E-state index contributed by atoms with van der Waals surface area (Å²) in [5.41, 5.74) is 1.12. The third-order valence-electron chi connectivity index (χ3n) is 4.47. The number of anilines is 1. The van der Waals surface area contributed by atoms with Gasteiger partial charge in [-0.3, -0.25) is 14.6 Å². The van der Waals surface area contributed by atoms with Crippen molar-refractivity contribution < 1.29 is 9.59 Å². The third-order valence-corrected chi connectivity index (χ3v) is 4.47. The Bertz CT molecular complexity index is 564. The van der Waals surface area contributed by atoms with Gasteiger partial charge in [-0.2, -0.15) is 0 Å². The number of imide groups is 1. The van der Waals surface area contributed by atoms with E-state index in [-0.39, 0.29) is 18.1 Å². The second-order valence-corrected chi connectivity index (χ2v) is 5.89. The Morgan fingerprint density at radius 1 is 1.17 bits per heavy atom. The third kappa shape index (κ3) is 3.26. The molecule has 3 amide bonds. The molecular formula is C15H22N6O2. The normalized spacial score (nSPS) is 23.1. The highest BCUT2D eigenvalue weighted by molar-refractivity contribution is 5.96. The second kappa shape index (κ2) is 6.49. The molecule has 1 unspecified atom stereocenters. The van der Waals surface area contributed by atoms with Gasteiger partial charge < -0.3 is 10.2 Å². The summed E-state index contributed by atoms with van der Waals surface area (Å²) in [5, 5.41) is 2.88. The van der Waals surface area contributed by atoms with Crippen LogP contribution in [0.25, 0.3) is 0 Å². The highest BCUT2D eigenvalue weighted by Crippen LogP contribution is 2.15. The maximum atomic E-state index is 11.8. The average molecular weight is 318 g/mol. The molecule has 3 rings (SSSR count). The summed E-state index contributed by atoms with van der Waals surface area (Å²) in [6.07, 6.45) is 4.77. The lowest BCUT2D eigenvalue weighted by molar-refractivity contribution is -0.130. The summed E-state index contributed by atoms with van der Waals surface area (Å²) in [4.78, 5) is 37.8.